The van der Waals surface area contributed by atoms with Crippen LogP contribution in [0, 0.1) is 17.1 Å². The van der Waals surface area contributed by atoms with Gasteiger partial charge in [-0.25, -0.2) is 9.37 Å². The summed E-state index contributed by atoms with van der Waals surface area (Å²) < 4.78 is 18.7. The number of thiazole rings is 1. The van der Waals surface area contributed by atoms with Gasteiger partial charge in [-0.1, -0.05) is 23.7 Å². The number of para-hydroxylation sites is 1. The first-order valence-electron chi connectivity index (χ1n) is 7.85. The SMILES string of the molecule is C[C@H](Oc1ccccc1C#N)C(=O)Nc1nc(-c2ccc(F)cc2Cl)cs1. The quantitative estimate of drug-likeness (QED) is 0.661. The third-order valence-electron chi connectivity index (χ3n) is 3.62. The second-order valence-corrected chi connectivity index (χ2v) is 6.78. The Kier molecular flexibility index (Phi) is 5.69. The van der Waals surface area contributed by atoms with Gasteiger partial charge in [-0.05, 0) is 37.3 Å². The van der Waals surface area contributed by atoms with Gasteiger partial charge in [0.1, 0.15) is 17.6 Å². The molecule has 0 spiro atoms. The van der Waals surface area contributed by atoms with E-state index in [4.69, 9.17) is 21.6 Å². The van der Waals surface area contributed by atoms with Gasteiger partial charge in [-0.2, -0.15) is 5.26 Å². The number of carbonyl (C=O) groups is 1. The third kappa shape index (κ3) is 4.42. The number of aromatic nitrogens is 1. The van der Waals surface area contributed by atoms with E-state index in [1.807, 2.05) is 6.07 Å². The highest BCUT2D eigenvalue weighted by Gasteiger charge is 2.18. The number of amides is 1. The molecule has 0 bridgehead atoms. The number of ether oxygens (including phenoxy) is 1. The number of hydrogen-bond acceptors (Lipinski definition) is 5. The number of hydrogen-bond donors (Lipinski definition) is 1. The summed E-state index contributed by atoms with van der Waals surface area (Å²) in [6, 6.07) is 12.7. The van der Waals surface area contributed by atoms with Gasteiger partial charge in [0, 0.05) is 10.9 Å². The van der Waals surface area contributed by atoms with Crippen LogP contribution in [-0.2, 0) is 4.79 Å². The van der Waals surface area contributed by atoms with Crippen molar-refractivity contribution in [3.8, 4) is 23.1 Å². The molecular weight excluding hydrogens is 389 g/mol. The molecule has 0 saturated heterocycles. The Morgan fingerprint density at radius 2 is 2.15 bits per heavy atom. The van der Waals surface area contributed by atoms with E-state index in [9.17, 15) is 9.18 Å². The molecule has 8 heteroatoms. The van der Waals surface area contributed by atoms with E-state index in [0.29, 0.717) is 27.7 Å². The molecule has 27 heavy (non-hydrogen) atoms. The summed E-state index contributed by atoms with van der Waals surface area (Å²) in [7, 11) is 0. The minimum atomic E-state index is -0.832. The molecular formula is C19H13ClFN3O2S. The summed E-state index contributed by atoms with van der Waals surface area (Å²) in [4.78, 5) is 16.7. The molecule has 1 atom stereocenters. The fraction of sp³-hybridized carbons (Fsp3) is 0.105. The zero-order chi connectivity index (χ0) is 19.4. The predicted octanol–water partition coefficient (Wildman–Crippen LogP) is 4.88. The Bertz CT molecular complexity index is 1030. The lowest BCUT2D eigenvalue weighted by Crippen LogP contribution is -2.30. The first-order chi connectivity index (χ1) is 13.0. The van der Waals surface area contributed by atoms with Crippen LogP contribution in [0.5, 0.6) is 5.75 Å². The van der Waals surface area contributed by atoms with Gasteiger partial charge in [0.15, 0.2) is 11.2 Å². The molecule has 1 aromatic heterocycles. The second kappa shape index (κ2) is 8.16. The van der Waals surface area contributed by atoms with Crippen LogP contribution in [0.25, 0.3) is 11.3 Å². The molecule has 136 valence electrons. The van der Waals surface area contributed by atoms with Gasteiger partial charge >= 0.3 is 0 Å². The van der Waals surface area contributed by atoms with E-state index in [-0.39, 0.29) is 5.02 Å². The van der Waals surface area contributed by atoms with E-state index >= 15 is 0 Å². The summed E-state index contributed by atoms with van der Waals surface area (Å²) >= 11 is 7.25. The smallest absolute Gasteiger partial charge is 0.266 e. The predicted molar refractivity (Wildman–Crippen MR) is 102 cm³/mol. The van der Waals surface area contributed by atoms with E-state index in [1.165, 1.54) is 29.5 Å². The molecule has 5 nitrogen and oxygen atoms in total. The number of nitriles is 1. The number of nitrogens with one attached hydrogen (secondary N) is 1. The lowest BCUT2D eigenvalue weighted by Gasteiger charge is -2.14. The number of nitrogens with zero attached hydrogens (tertiary/aromatic N) is 2. The van der Waals surface area contributed by atoms with Crippen LogP contribution in [0.4, 0.5) is 9.52 Å². The fourth-order valence-corrected chi connectivity index (χ4v) is 3.24. The standard InChI is InChI=1S/C19H13ClFN3O2S/c1-11(26-17-5-3-2-4-12(17)9-22)18(25)24-19-23-16(10-27-19)14-7-6-13(21)8-15(14)20/h2-8,10-11H,1H3,(H,23,24,25)/t11-/m0/s1. The van der Waals surface area contributed by atoms with Gasteiger partial charge in [0.25, 0.3) is 5.91 Å². The Morgan fingerprint density at radius 3 is 2.89 bits per heavy atom. The average Bonchev–Trinajstić information content (AvgIpc) is 3.10. The Balaban J connectivity index is 1.69. The molecule has 1 N–H and O–H groups in total. The molecule has 3 rings (SSSR count). The van der Waals surface area contributed by atoms with E-state index in [0.717, 1.165) is 0 Å². The Hall–Kier alpha value is -2.95. The normalized spacial score (nSPS) is 11.5. The Morgan fingerprint density at radius 1 is 1.37 bits per heavy atom. The van der Waals surface area contributed by atoms with Gasteiger partial charge < -0.3 is 4.74 Å². The summed E-state index contributed by atoms with van der Waals surface area (Å²) in [5.74, 6) is -0.509. The van der Waals surface area contributed by atoms with Crippen molar-refractivity contribution in [2.75, 3.05) is 5.32 Å². The lowest BCUT2D eigenvalue weighted by atomic mass is 10.2. The van der Waals surface area contributed by atoms with Crippen LogP contribution >= 0.6 is 22.9 Å². The zero-order valence-electron chi connectivity index (χ0n) is 14.1. The fourth-order valence-electron chi connectivity index (χ4n) is 2.26. The van der Waals surface area contributed by atoms with Crippen molar-refractivity contribution in [1.29, 1.82) is 5.26 Å². The van der Waals surface area contributed by atoms with Crippen molar-refractivity contribution in [1.82, 2.24) is 4.98 Å². The van der Waals surface area contributed by atoms with Crippen molar-refractivity contribution >= 4 is 34.0 Å². The van der Waals surface area contributed by atoms with Crippen LogP contribution in [0.3, 0.4) is 0 Å². The maximum Gasteiger partial charge on any atom is 0.266 e. The van der Waals surface area contributed by atoms with Gasteiger partial charge in [-0.15, -0.1) is 11.3 Å². The monoisotopic (exact) mass is 401 g/mol. The summed E-state index contributed by atoms with van der Waals surface area (Å²) in [6.45, 7) is 1.58. The summed E-state index contributed by atoms with van der Waals surface area (Å²) in [5, 5.41) is 14.1. The average molecular weight is 402 g/mol. The van der Waals surface area contributed by atoms with Crippen LogP contribution < -0.4 is 10.1 Å². The molecule has 0 radical (unpaired) electrons. The molecule has 1 heterocycles. The van der Waals surface area contributed by atoms with E-state index < -0.39 is 17.8 Å². The molecule has 2 aromatic carbocycles. The van der Waals surface area contributed by atoms with Crippen molar-refractivity contribution in [3.63, 3.8) is 0 Å². The number of halogens is 2. The number of benzene rings is 2. The largest absolute Gasteiger partial charge is 0.480 e. The topological polar surface area (TPSA) is 75.0 Å². The first kappa shape index (κ1) is 18.8. The van der Waals surface area contributed by atoms with Gasteiger partial charge in [0.2, 0.25) is 0 Å². The lowest BCUT2D eigenvalue weighted by molar-refractivity contribution is -0.122. The number of carbonyl (C=O) groups excluding carboxylic acids is 1. The number of anilines is 1. The molecule has 3 aromatic rings. The highest BCUT2D eigenvalue weighted by molar-refractivity contribution is 7.14. The van der Waals surface area contributed by atoms with E-state index in [2.05, 4.69) is 10.3 Å². The maximum absolute atomic E-state index is 13.2. The minimum Gasteiger partial charge on any atom is -0.480 e. The highest BCUT2D eigenvalue weighted by Crippen LogP contribution is 2.31. The van der Waals surface area contributed by atoms with Gasteiger partial charge in [-0.3, -0.25) is 10.1 Å². The summed E-state index contributed by atoms with van der Waals surface area (Å²) in [6.07, 6.45) is -0.832. The van der Waals surface area contributed by atoms with Crippen LogP contribution in [0.1, 0.15) is 12.5 Å². The van der Waals surface area contributed by atoms with Crippen molar-refractivity contribution in [3.05, 3.63) is 64.2 Å². The molecule has 0 fully saturated rings. The van der Waals surface area contributed by atoms with Crippen LogP contribution in [-0.4, -0.2) is 17.0 Å². The molecule has 0 aliphatic heterocycles. The van der Waals surface area contributed by atoms with Crippen LogP contribution in [0.2, 0.25) is 5.02 Å². The Labute approximate surface area is 164 Å². The van der Waals surface area contributed by atoms with Crippen molar-refractivity contribution in [2.24, 2.45) is 0 Å². The maximum atomic E-state index is 13.2. The highest BCUT2D eigenvalue weighted by atomic mass is 35.5. The molecule has 0 saturated carbocycles. The number of rotatable bonds is 5. The van der Waals surface area contributed by atoms with E-state index in [1.54, 1.807) is 36.6 Å². The van der Waals surface area contributed by atoms with Crippen LogP contribution in [0.15, 0.2) is 47.8 Å². The zero-order valence-corrected chi connectivity index (χ0v) is 15.6. The minimum absolute atomic E-state index is 0.239. The molecule has 1 amide bonds. The molecule has 0 aliphatic rings. The second-order valence-electron chi connectivity index (χ2n) is 5.52. The van der Waals surface area contributed by atoms with Crippen molar-refractivity contribution in [2.45, 2.75) is 13.0 Å². The first-order valence-corrected chi connectivity index (χ1v) is 9.11. The van der Waals surface area contributed by atoms with Crippen molar-refractivity contribution < 1.29 is 13.9 Å². The summed E-state index contributed by atoms with van der Waals surface area (Å²) in [5.41, 5.74) is 1.45. The third-order valence-corrected chi connectivity index (χ3v) is 4.69. The molecule has 0 aliphatic carbocycles. The molecule has 0 unspecified atom stereocenters. The van der Waals surface area contributed by atoms with Gasteiger partial charge in [0.05, 0.1) is 16.3 Å².